The Balaban J connectivity index is 1.27. The standard InChI is InChI=1S/C27H27N3O4/c1-4-34-27(33)16-6-5-7-18(11-16)29-14(2)10-17(15(29)3)13-28-30-25(31)23-19-8-9-20(22-12-21(19)22)24(23)26(30)32/h5-11,13,19-24H,4,12H2,1-3H3/b28-13-/t19-,20-,21-,22+,23+,24+/m0/s1. The predicted molar refractivity (Wildman–Crippen MR) is 125 cm³/mol. The second kappa shape index (κ2) is 7.52. The number of esters is 1. The minimum atomic E-state index is -0.359. The molecule has 2 bridgehead atoms. The van der Waals surface area contributed by atoms with E-state index in [1.165, 1.54) is 0 Å². The molecule has 2 aromatic rings. The Hall–Kier alpha value is -3.48. The first-order chi connectivity index (χ1) is 16.4. The summed E-state index contributed by atoms with van der Waals surface area (Å²) in [6.07, 6.45) is 7.08. The van der Waals surface area contributed by atoms with E-state index in [2.05, 4.69) is 17.3 Å². The van der Waals surface area contributed by atoms with Gasteiger partial charge >= 0.3 is 5.97 Å². The molecule has 1 aromatic carbocycles. The highest BCUT2D eigenvalue weighted by molar-refractivity contribution is 6.06. The topological polar surface area (TPSA) is 81.0 Å². The Morgan fingerprint density at radius 1 is 1.09 bits per heavy atom. The Morgan fingerprint density at radius 2 is 1.76 bits per heavy atom. The Labute approximate surface area is 198 Å². The zero-order valence-corrected chi connectivity index (χ0v) is 19.5. The second-order valence-electron chi connectivity index (χ2n) is 9.82. The van der Waals surface area contributed by atoms with E-state index >= 15 is 0 Å². The van der Waals surface area contributed by atoms with Gasteiger partial charge in [-0.2, -0.15) is 10.1 Å². The van der Waals surface area contributed by atoms with Gasteiger partial charge in [0.15, 0.2) is 0 Å². The first-order valence-electron chi connectivity index (χ1n) is 12.0. The summed E-state index contributed by atoms with van der Waals surface area (Å²) in [6, 6.07) is 9.24. The van der Waals surface area contributed by atoms with Crippen LogP contribution in [0.1, 0.15) is 40.7 Å². The molecule has 7 heteroatoms. The van der Waals surface area contributed by atoms with Gasteiger partial charge in [0.05, 0.1) is 30.2 Å². The fourth-order valence-electron chi connectivity index (χ4n) is 6.48. The van der Waals surface area contributed by atoms with Crippen LogP contribution in [0.3, 0.4) is 0 Å². The highest BCUT2D eigenvalue weighted by atomic mass is 16.5. The molecule has 1 aromatic heterocycles. The van der Waals surface area contributed by atoms with Gasteiger partial charge in [-0.1, -0.05) is 18.2 Å². The lowest BCUT2D eigenvalue weighted by Gasteiger charge is -2.37. The smallest absolute Gasteiger partial charge is 0.338 e. The number of nitrogens with zero attached hydrogens (tertiary/aromatic N) is 3. The summed E-state index contributed by atoms with van der Waals surface area (Å²) < 4.78 is 7.15. The number of imide groups is 1. The van der Waals surface area contributed by atoms with Crippen LogP contribution in [0, 0.1) is 49.4 Å². The molecular formula is C27H27N3O4. The molecule has 5 aliphatic rings. The highest BCUT2D eigenvalue weighted by Gasteiger charge is 2.67. The molecule has 2 saturated carbocycles. The SMILES string of the molecule is CCOC(=O)c1cccc(-n2c(C)cc(/C=N\N3C(=O)[C@@H]4[C@H]5C=C[C@@H]([C@@H]6C[C@H]56)[C@H]4C3=O)c2C)c1. The molecule has 34 heavy (non-hydrogen) atoms. The van der Waals surface area contributed by atoms with Crippen LogP contribution in [0.15, 0.2) is 47.6 Å². The Morgan fingerprint density at radius 3 is 2.41 bits per heavy atom. The number of ether oxygens (including phenoxy) is 1. The summed E-state index contributed by atoms with van der Waals surface area (Å²) >= 11 is 0. The van der Waals surface area contributed by atoms with Gasteiger partial charge in [0.25, 0.3) is 11.8 Å². The largest absolute Gasteiger partial charge is 0.462 e. The van der Waals surface area contributed by atoms with E-state index in [-0.39, 0.29) is 41.5 Å². The van der Waals surface area contributed by atoms with Crippen LogP contribution in [0.2, 0.25) is 0 Å². The zero-order valence-electron chi connectivity index (χ0n) is 19.5. The van der Waals surface area contributed by atoms with Gasteiger partial charge < -0.3 is 9.30 Å². The van der Waals surface area contributed by atoms with Gasteiger partial charge in [0.1, 0.15) is 0 Å². The van der Waals surface area contributed by atoms with Crippen LogP contribution in [0.5, 0.6) is 0 Å². The molecule has 0 radical (unpaired) electrons. The molecule has 0 spiro atoms. The molecule has 4 aliphatic carbocycles. The summed E-state index contributed by atoms with van der Waals surface area (Å²) in [5.74, 6) is 0.341. The van der Waals surface area contributed by atoms with Gasteiger partial charge in [0.2, 0.25) is 0 Å². The molecule has 174 valence electrons. The van der Waals surface area contributed by atoms with E-state index in [0.29, 0.717) is 24.0 Å². The number of aromatic nitrogens is 1. The maximum atomic E-state index is 13.2. The van der Waals surface area contributed by atoms with E-state index in [1.54, 1.807) is 25.3 Å². The van der Waals surface area contributed by atoms with E-state index in [0.717, 1.165) is 34.1 Å². The van der Waals surface area contributed by atoms with Crippen molar-refractivity contribution in [3.05, 3.63) is 65.0 Å². The van der Waals surface area contributed by atoms with E-state index in [4.69, 9.17) is 4.74 Å². The number of hydrogen-bond donors (Lipinski definition) is 0. The monoisotopic (exact) mass is 457 g/mol. The number of amides is 2. The molecule has 1 aliphatic heterocycles. The third kappa shape index (κ3) is 2.95. The van der Waals surface area contributed by atoms with Crippen molar-refractivity contribution in [3.8, 4) is 5.69 Å². The zero-order chi connectivity index (χ0) is 23.7. The van der Waals surface area contributed by atoms with E-state index < -0.39 is 0 Å². The van der Waals surface area contributed by atoms with Gasteiger partial charge in [0, 0.05) is 22.6 Å². The summed E-state index contributed by atoms with van der Waals surface area (Å²) in [7, 11) is 0. The lowest BCUT2D eigenvalue weighted by Crippen LogP contribution is -2.40. The third-order valence-corrected chi connectivity index (χ3v) is 8.04. The van der Waals surface area contributed by atoms with Crippen molar-refractivity contribution in [2.24, 2.45) is 40.6 Å². The first-order valence-corrected chi connectivity index (χ1v) is 12.0. The average Bonchev–Trinajstić information content (AvgIpc) is 3.56. The predicted octanol–water partition coefficient (Wildman–Crippen LogP) is 3.66. The summed E-state index contributed by atoms with van der Waals surface area (Å²) in [4.78, 5) is 38.5. The van der Waals surface area contributed by atoms with Crippen molar-refractivity contribution in [2.45, 2.75) is 27.2 Å². The van der Waals surface area contributed by atoms with Crippen molar-refractivity contribution in [2.75, 3.05) is 6.61 Å². The number of aryl methyl sites for hydroxylation is 1. The van der Waals surface area contributed by atoms with E-state index in [1.807, 2.05) is 36.6 Å². The van der Waals surface area contributed by atoms with Crippen molar-refractivity contribution in [3.63, 3.8) is 0 Å². The van der Waals surface area contributed by atoms with Gasteiger partial charge in [-0.3, -0.25) is 9.59 Å². The van der Waals surface area contributed by atoms with Crippen LogP contribution in [0.25, 0.3) is 5.69 Å². The molecule has 2 amide bonds. The molecule has 0 N–H and O–H groups in total. The minimum Gasteiger partial charge on any atom is -0.462 e. The fraction of sp³-hybridized carbons (Fsp3) is 0.407. The highest BCUT2D eigenvalue weighted by Crippen LogP contribution is 2.65. The van der Waals surface area contributed by atoms with Crippen LogP contribution in [-0.4, -0.2) is 40.2 Å². The average molecular weight is 458 g/mol. The molecule has 7 nitrogen and oxygen atoms in total. The molecule has 6 atom stereocenters. The van der Waals surface area contributed by atoms with Crippen LogP contribution < -0.4 is 0 Å². The van der Waals surface area contributed by atoms with Crippen LogP contribution in [-0.2, 0) is 14.3 Å². The molecule has 1 saturated heterocycles. The maximum absolute atomic E-state index is 13.2. The third-order valence-electron chi connectivity index (χ3n) is 8.04. The number of benzene rings is 1. The minimum absolute atomic E-state index is 0.160. The van der Waals surface area contributed by atoms with E-state index in [9.17, 15) is 14.4 Å². The number of allylic oxidation sites excluding steroid dienone is 2. The summed E-state index contributed by atoms with van der Waals surface area (Å²) in [5.41, 5.74) is 4.00. The van der Waals surface area contributed by atoms with Crippen molar-refractivity contribution in [1.82, 2.24) is 9.58 Å². The molecular weight excluding hydrogens is 430 g/mol. The van der Waals surface area contributed by atoms with Gasteiger partial charge in [-0.15, -0.1) is 0 Å². The van der Waals surface area contributed by atoms with Crippen LogP contribution >= 0.6 is 0 Å². The number of hydrogen-bond acceptors (Lipinski definition) is 5. The summed E-state index contributed by atoms with van der Waals surface area (Å²) in [5, 5.41) is 5.50. The van der Waals surface area contributed by atoms with Gasteiger partial charge in [-0.25, -0.2) is 4.79 Å². The molecule has 3 fully saturated rings. The van der Waals surface area contributed by atoms with Crippen LogP contribution in [0.4, 0.5) is 0 Å². The molecule has 0 unspecified atom stereocenters. The number of hydrazone groups is 1. The number of carbonyl (C=O) groups excluding carboxylic acids is 3. The Bertz CT molecular complexity index is 1250. The van der Waals surface area contributed by atoms with Crippen molar-refractivity contribution < 1.29 is 19.1 Å². The first kappa shape index (κ1) is 21.1. The quantitative estimate of drug-likeness (QED) is 0.297. The number of carbonyl (C=O) groups is 3. The van der Waals surface area contributed by atoms with Crippen molar-refractivity contribution in [1.29, 1.82) is 0 Å². The van der Waals surface area contributed by atoms with Crippen molar-refractivity contribution >= 4 is 24.0 Å². The number of rotatable bonds is 5. The molecule has 7 rings (SSSR count). The fourth-order valence-corrected chi connectivity index (χ4v) is 6.48. The molecule has 2 heterocycles. The van der Waals surface area contributed by atoms with Gasteiger partial charge in [-0.05, 0) is 75.1 Å². The normalized spacial score (nSPS) is 30.7. The summed E-state index contributed by atoms with van der Waals surface area (Å²) in [6.45, 7) is 6.02. The Kier molecular flexibility index (Phi) is 4.66. The lowest BCUT2D eigenvalue weighted by molar-refractivity contribution is -0.140. The second-order valence-corrected chi connectivity index (χ2v) is 9.82. The lowest BCUT2D eigenvalue weighted by atomic mass is 9.63. The maximum Gasteiger partial charge on any atom is 0.338 e.